The molecule has 134 valence electrons. The van der Waals surface area contributed by atoms with Gasteiger partial charge < -0.3 is 9.69 Å². The molecule has 0 radical (unpaired) electrons. The Balaban J connectivity index is 1.92. The molecule has 1 heterocycles. The number of carbonyl (C=O) groups excluding carboxylic acids is 1. The molecule has 0 spiro atoms. The second-order valence-electron chi connectivity index (χ2n) is 7.56. The highest BCUT2D eigenvalue weighted by Crippen LogP contribution is 2.36. The standard InChI is InChI=1S/C23H31NO/c1-2-3-14-23(19-25,15-18-24-16-7-4-8-17-24)22-13-9-11-20-10-5-6-12-21(20)22/h5-6,9-13,19H,2-4,7-8,14-18H2,1H3. The van der Waals surface area contributed by atoms with Gasteiger partial charge in [-0.25, -0.2) is 0 Å². The second-order valence-corrected chi connectivity index (χ2v) is 7.56. The van der Waals surface area contributed by atoms with Gasteiger partial charge in [0, 0.05) is 0 Å². The minimum absolute atomic E-state index is 0.353. The van der Waals surface area contributed by atoms with Gasteiger partial charge in [0.05, 0.1) is 5.41 Å². The van der Waals surface area contributed by atoms with E-state index in [-0.39, 0.29) is 5.41 Å². The molecule has 1 fully saturated rings. The molecule has 1 aliphatic heterocycles. The van der Waals surface area contributed by atoms with Gasteiger partial charge in [0.1, 0.15) is 6.29 Å². The third-order valence-corrected chi connectivity index (χ3v) is 5.85. The summed E-state index contributed by atoms with van der Waals surface area (Å²) in [4.78, 5) is 15.0. The van der Waals surface area contributed by atoms with Crippen LogP contribution in [-0.2, 0) is 10.2 Å². The number of hydrogen-bond acceptors (Lipinski definition) is 2. The van der Waals surface area contributed by atoms with E-state index >= 15 is 0 Å². The van der Waals surface area contributed by atoms with Crippen LogP contribution < -0.4 is 0 Å². The van der Waals surface area contributed by atoms with Gasteiger partial charge in [-0.3, -0.25) is 0 Å². The number of nitrogens with zero attached hydrogens (tertiary/aromatic N) is 1. The van der Waals surface area contributed by atoms with Crippen LogP contribution in [-0.4, -0.2) is 30.8 Å². The first-order chi connectivity index (χ1) is 12.3. The minimum Gasteiger partial charge on any atom is -0.303 e. The summed E-state index contributed by atoms with van der Waals surface area (Å²) >= 11 is 0. The topological polar surface area (TPSA) is 20.3 Å². The average molecular weight is 338 g/mol. The van der Waals surface area contributed by atoms with Crippen molar-refractivity contribution in [1.82, 2.24) is 4.90 Å². The predicted octanol–water partition coefficient (Wildman–Crippen LogP) is 5.34. The van der Waals surface area contributed by atoms with Gasteiger partial charge in [-0.15, -0.1) is 0 Å². The number of aldehydes is 1. The van der Waals surface area contributed by atoms with E-state index in [1.165, 1.54) is 55.0 Å². The Bertz CT molecular complexity index is 684. The number of likely N-dealkylation sites (tertiary alicyclic amines) is 1. The lowest BCUT2D eigenvalue weighted by molar-refractivity contribution is -0.113. The summed E-state index contributed by atoms with van der Waals surface area (Å²) in [6.45, 7) is 5.63. The van der Waals surface area contributed by atoms with E-state index in [0.29, 0.717) is 0 Å². The molecule has 2 aromatic rings. The first-order valence-electron chi connectivity index (χ1n) is 9.96. The highest BCUT2D eigenvalue weighted by molar-refractivity contribution is 5.90. The van der Waals surface area contributed by atoms with E-state index in [2.05, 4.69) is 54.3 Å². The Kier molecular flexibility index (Phi) is 6.25. The molecule has 0 saturated carbocycles. The minimum atomic E-state index is -0.353. The van der Waals surface area contributed by atoms with Crippen LogP contribution in [0, 0.1) is 0 Å². The van der Waals surface area contributed by atoms with E-state index in [1.807, 2.05) is 0 Å². The maximum Gasteiger partial charge on any atom is 0.130 e. The molecule has 25 heavy (non-hydrogen) atoms. The Morgan fingerprint density at radius 3 is 2.52 bits per heavy atom. The summed E-state index contributed by atoms with van der Waals surface area (Å²) in [7, 11) is 0. The molecule has 3 rings (SSSR count). The summed E-state index contributed by atoms with van der Waals surface area (Å²) in [6, 6.07) is 14.9. The van der Waals surface area contributed by atoms with E-state index in [4.69, 9.17) is 0 Å². The molecule has 0 N–H and O–H groups in total. The number of unbranched alkanes of at least 4 members (excludes halogenated alkanes) is 1. The van der Waals surface area contributed by atoms with Crippen LogP contribution in [0.4, 0.5) is 0 Å². The van der Waals surface area contributed by atoms with Crippen LogP contribution in [0.2, 0.25) is 0 Å². The van der Waals surface area contributed by atoms with Crippen molar-refractivity contribution >= 4 is 17.1 Å². The Hall–Kier alpha value is -1.67. The summed E-state index contributed by atoms with van der Waals surface area (Å²) in [5.41, 5.74) is 0.875. The predicted molar refractivity (Wildman–Crippen MR) is 106 cm³/mol. The molecular weight excluding hydrogens is 306 g/mol. The second kappa shape index (κ2) is 8.62. The zero-order valence-electron chi connectivity index (χ0n) is 15.5. The molecule has 0 amide bonds. The summed E-state index contributed by atoms with van der Waals surface area (Å²) < 4.78 is 0. The number of hydrogen-bond donors (Lipinski definition) is 0. The van der Waals surface area contributed by atoms with Gasteiger partial charge in [0.25, 0.3) is 0 Å². The van der Waals surface area contributed by atoms with E-state index in [0.717, 1.165) is 32.2 Å². The summed E-state index contributed by atoms with van der Waals surface area (Å²) in [5.74, 6) is 0. The van der Waals surface area contributed by atoms with Gasteiger partial charge in [0.2, 0.25) is 0 Å². The van der Waals surface area contributed by atoms with E-state index in [1.54, 1.807) is 0 Å². The largest absolute Gasteiger partial charge is 0.303 e. The van der Waals surface area contributed by atoms with Crippen molar-refractivity contribution in [3.8, 4) is 0 Å². The van der Waals surface area contributed by atoms with Crippen molar-refractivity contribution in [3.05, 3.63) is 48.0 Å². The number of piperidine rings is 1. The van der Waals surface area contributed by atoms with Gasteiger partial charge in [-0.1, -0.05) is 68.7 Å². The quantitative estimate of drug-likeness (QED) is 0.606. The SMILES string of the molecule is CCCCC(C=O)(CCN1CCCCC1)c1cccc2ccccc12. The molecule has 2 nitrogen and oxygen atoms in total. The highest BCUT2D eigenvalue weighted by atomic mass is 16.1. The number of rotatable bonds is 8. The van der Waals surface area contributed by atoms with Crippen molar-refractivity contribution in [3.63, 3.8) is 0 Å². The molecule has 2 heteroatoms. The first-order valence-corrected chi connectivity index (χ1v) is 9.96. The van der Waals surface area contributed by atoms with E-state index in [9.17, 15) is 4.79 Å². The molecule has 0 bridgehead atoms. The van der Waals surface area contributed by atoms with Crippen LogP contribution in [0.5, 0.6) is 0 Å². The maximum atomic E-state index is 12.4. The average Bonchev–Trinajstić information content (AvgIpc) is 2.69. The molecule has 1 saturated heterocycles. The monoisotopic (exact) mass is 337 g/mol. The maximum absolute atomic E-state index is 12.4. The van der Waals surface area contributed by atoms with Gasteiger partial charge in [-0.05, 0) is 61.7 Å². The van der Waals surface area contributed by atoms with Crippen LogP contribution in [0.1, 0.15) is 57.4 Å². The molecule has 1 unspecified atom stereocenters. The Labute approximate surface area is 152 Å². The molecule has 2 aromatic carbocycles. The summed E-state index contributed by atoms with van der Waals surface area (Å²) in [5, 5.41) is 2.48. The number of benzene rings is 2. The van der Waals surface area contributed by atoms with Crippen molar-refractivity contribution in [2.24, 2.45) is 0 Å². The van der Waals surface area contributed by atoms with Crippen molar-refractivity contribution in [2.75, 3.05) is 19.6 Å². The molecule has 1 atom stereocenters. The zero-order chi connectivity index (χ0) is 17.5. The molecule has 1 aliphatic rings. The molecule has 0 aliphatic carbocycles. The lowest BCUT2D eigenvalue weighted by Crippen LogP contribution is -2.37. The molecule has 0 aromatic heterocycles. The Morgan fingerprint density at radius 2 is 1.76 bits per heavy atom. The molecular formula is C23H31NO. The fourth-order valence-electron chi connectivity index (χ4n) is 4.27. The van der Waals surface area contributed by atoms with Crippen LogP contribution >= 0.6 is 0 Å². The van der Waals surface area contributed by atoms with Gasteiger partial charge >= 0.3 is 0 Å². The van der Waals surface area contributed by atoms with E-state index < -0.39 is 0 Å². The number of fused-ring (bicyclic) bond motifs is 1. The summed E-state index contributed by atoms with van der Waals surface area (Å²) in [6.07, 6.45) is 9.34. The normalized spacial score (nSPS) is 18.1. The first kappa shape index (κ1) is 18.1. The van der Waals surface area contributed by atoms with Crippen LogP contribution in [0.15, 0.2) is 42.5 Å². The fourth-order valence-corrected chi connectivity index (χ4v) is 4.27. The smallest absolute Gasteiger partial charge is 0.130 e. The van der Waals surface area contributed by atoms with Crippen LogP contribution in [0.25, 0.3) is 10.8 Å². The third kappa shape index (κ3) is 4.12. The lowest BCUT2D eigenvalue weighted by Gasteiger charge is -2.34. The van der Waals surface area contributed by atoms with Crippen molar-refractivity contribution < 1.29 is 4.79 Å². The number of carbonyl (C=O) groups is 1. The van der Waals surface area contributed by atoms with Gasteiger partial charge in [0.15, 0.2) is 0 Å². The lowest BCUT2D eigenvalue weighted by atomic mass is 9.73. The van der Waals surface area contributed by atoms with Crippen molar-refractivity contribution in [2.45, 2.75) is 57.3 Å². The van der Waals surface area contributed by atoms with Gasteiger partial charge in [-0.2, -0.15) is 0 Å². The third-order valence-electron chi connectivity index (χ3n) is 5.85. The fraction of sp³-hybridized carbons (Fsp3) is 0.522. The highest BCUT2D eigenvalue weighted by Gasteiger charge is 2.33. The Morgan fingerprint density at radius 1 is 1.00 bits per heavy atom. The van der Waals surface area contributed by atoms with Crippen molar-refractivity contribution in [1.29, 1.82) is 0 Å². The van der Waals surface area contributed by atoms with Crippen LogP contribution in [0.3, 0.4) is 0 Å². The zero-order valence-corrected chi connectivity index (χ0v) is 15.5.